The van der Waals surface area contributed by atoms with Crippen molar-refractivity contribution < 1.29 is 22.7 Å². The fourth-order valence-electron chi connectivity index (χ4n) is 3.42. The molecule has 3 aromatic rings. The van der Waals surface area contributed by atoms with Crippen LogP contribution in [0.25, 0.3) is 6.08 Å². The zero-order chi connectivity index (χ0) is 22.0. The number of rotatable bonds is 5. The Kier molecular flexibility index (Phi) is 5.85. The van der Waals surface area contributed by atoms with Crippen LogP contribution in [0.4, 0.5) is 0 Å². The second-order valence-electron chi connectivity index (χ2n) is 7.04. The van der Waals surface area contributed by atoms with Gasteiger partial charge in [-0.3, -0.25) is 4.79 Å². The Labute approximate surface area is 185 Å². The van der Waals surface area contributed by atoms with Crippen molar-refractivity contribution in [2.24, 2.45) is 0 Å². The van der Waals surface area contributed by atoms with Crippen LogP contribution in [-0.4, -0.2) is 27.1 Å². The molecule has 0 bridgehead atoms. The topological polar surface area (TPSA) is 69.7 Å². The van der Waals surface area contributed by atoms with Crippen LogP contribution in [0.15, 0.2) is 77.2 Å². The SMILES string of the molecule is COc1cc(/C=C2\CS(=O)(=O)c3ccccc3C2=O)ccc1OCc1ccccc1Cl. The maximum Gasteiger partial charge on any atom is 0.191 e. The molecule has 0 saturated heterocycles. The van der Waals surface area contributed by atoms with Crippen molar-refractivity contribution in [3.8, 4) is 11.5 Å². The van der Waals surface area contributed by atoms with Gasteiger partial charge in [0, 0.05) is 21.7 Å². The fourth-order valence-corrected chi connectivity index (χ4v) is 5.17. The number of sulfone groups is 1. The number of Topliss-reactive ketones (excluding diaryl/α,β-unsaturated/α-hetero) is 1. The van der Waals surface area contributed by atoms with Crippen LogP contribution in [0.1, 0.15) is 21.5 Å². The molecule has 3 aromatic carbocycles. The number of benzene rings is 3. The van der Waals surface area contributed by atoms with Gasteiger partial charge in [-0.2, -0.15) is 0 Å². The second-order valence-corrected chi connectivity index (χ2v) is 9.41. The third-order valence-corrected chi connectivity index (χ3v) is 7.06. The van der Waals surface area contributed by atoms with Gasteiger partial charge >= 0.3 is 0 Å². The molecule has 0 fully saturated rings. The molecule has 1 aliphatic heterocycles. The van der Waals surface area contributed by atoms with Crippen LogP contribution in [0.3, 0.4) is 0 Å². The molecule has 0 N–H and O–H groups in total. The fraction of sp³-hybridized carbons (Fsp3) is 0.125. The smallest absolute Gasteiger partial charge is 0.191 e. The lowest BCUT2D eigenvalue weighted by Crippen LogP contribution is -2.24. The number of fused-ring (bicyclic) bond motifs is 1. The Balaban J connectivity index is 1.62. The van der Waals surface area contributed by atoms with E-state index in [4.69, 9.17) is 21.1 Å². The zero-order valence-corrected chi connectivity index (χ0v) is 18.2. The molecule has 0 atom stereocenters. The minimum Gasteiger partial charge on any atom is -0.493 e. The molecule has 1 aliphatic rings. The number of carbonyl (C=O) groups is 1. The highest BCUT2D eigenvalue weighted by Crippen LogP contribution is 2.32. The Hall–Kier alpha value is -3.09. The molecule has 31 heavy (non-hydrogen) atoms. The first-order valence-corrected chi connectivity index (χ1v) is 11.5. The highest BCUT2D eigenvalue weighted by Gasteiger charge is 2.32. The third-order valence-electron chi connectivity index (χ3n) is 4.97. The van der Waals surface area contributed by atoms with E-state index in [1.807, 2.05) is 18.2 Å². The Morgan fingerprint density at radius 2 is 1.74 bits per heavy atom. The van der Waals surface area contributed by atoms with E-state index in [1.165, 1.54) is 19.2 Å². The molecule has 0 unspecified atom stereocenters. The molecular weight excluding hydrogens is 436 g/mol. The molecule has 0 aromatic heterocycles. The Bertz CT molecular complexity index is 1290. The lowest BCUT2D eigenvalue weighted by atomic mass is 10.0. The first-order valence-electron chi connectivity index (χ1n) is 9.50. The molecule has 7 heteroatoms. The number of ether oxygens (including phenoxy) is 2. The summed E-state index contributed by atoms with van der Waals surface area (Å²) in [5.41, 5.74) is 1.89. The van der Waals surface area contributed by atoms with Crippen molar-refractivity contribution in [1.29, 1.82) is 0 Å². The van der Waals surface area contributed by atoms with Gasteiger partial charge in [0.05, 0.1) is 17.8 Å². The van der Waals surface area contributed by atoms with E-state index in [2.05, 4.69) is 0 Å². The summed E-state index contributed by atoms with van der Waals surface area (Å²) >= 11 is 6.17. The first-order chi connectivity index (χ1) is 14.9. The van der Waals surface area contributed by atoms with Gasteiger partial charge in [0.15, 0.2) is 27.1 Å². The van der Waals surface area contributed by atoms with Crippen molar-refractivity contribution >= 4 is 33.3 Å². The quantitative estimate of drug-likeness (QED) is 0.508. The van der Waals surface area contributed by atoms with Gasteiger partial charge in [-0.25, -0.2) is 8.42 Å². The lowest BCUT2D eigenvalue weighted by molar-refractivity contribution is 0.103. The monoisotopic (exact) mass is 454 g/mol. The molecule has 0 saturated carbocycles. The highest BCUT2D eigenvalue weighted by atomic mass is 35.5. The van der Waals surface area contributed by atoms with Crippen LogP contribution in [0.2, 0.25) is 5.02 Å². The highest BCUT2D eigenvalue weighted by molar-refractivity contribution is 7.91. The van der Waals surface area contributed by atoms with E-state index in [-0.39, 0.29) is 34.2 Å². The third kappa shape index (κ3) is 4.36. The summed E-state index contributed by atoms with van der Waals surface area (Å²) in [6, 6.07) is 18.8. The lowest BCUT2D eigenvalue weighted by Gasteiger charge is -2.18. The van der Waals surface area contributed by atoms with Crippen LogP contribution in [0, 0.1) is 0 Å². The zero-order valence-electron chi connectivity index (χ0n) is 16.7. The van der Waals surface area contributed by atoms with E-state index >= 15 is 0 Å². The van der Waals surface area contributed by atoms with Gasteiger partial charge < -0.3 is 9.47 Å². The molecule has 158 valence electrons. The molecule has 0 radical (unpaired) electrons. The van der Waals surface area contributed by atoms with Crippen molar-refractivity contribution in [1.82, 2.24) is 0 Å². The standard InChI is InChI=1S/C24H19ClO5S/c1-29-22-13-16(10-11-21(22)30-14-17-6-2-4-8-20(17)25)12-18-15-31(27,28)23-9-5-3-7-19(23)24(18)26/h2-13H,14-15H2,1H3/b18-12+. The molecule has 0 aliphatic carbocycles. The number of hydrogen-bond donors (Lipinski definition) is 0. The van der Waals surface area contributed by atoms with Crippen molar-refractivity contribution in [3.05, 3.63) is 94.0 Å². The van der Waals surface area contributed by atoms with Crippen LogP contribution in [0.5, 0.6) is 11.5 Å². The number of methoxy groups -OCH3 is 1. The molecule has 0 spiro atoms. The minimum absolute atomic E-state index is 0.0815. The Morgan fingerprint density at radius 3 is 2.52 bits per heavy atom. The average Bonchev–Trinajstić information content (AvgIpc) is 2.77. The number of hydrogen-bond acceptors (Lipinski definition) is 5. The summed E-state index contributed by atoms with van der Waals surface area (Å²) in [5, 5.41) is 0.611. The van der Waals surface area contributed by atoms with Gasteiger partial charge in [-0.15, -0.1) is 0 Å². The van der Waals surface area contributed by atoms with Gasteiger partial charge in [-0.05, 0) is 42.0 Å². The molecule has 0 amide bonds. The average molecular weight is 455 g/mol. The summed E-state index contributed by atoms with van der Waals surface area (Å²) in [6.07, 6.45) is 1.58. The van der Waals surface area contributed by atoms with Crippen molar-refractivity contribution in [2.75, 3.05) is 12.9 Å². The van der Waals surface area contributed by atoms with Gasteiger partial charge in [0.25, 0.3) is 0 Å². The van der Waals surface area contributed by atoms with Gasteiger partial charge in [0.1, 0.15) is 6.61 Å². The maximum atomic E-state index is 12.8. The van der Waals surface area contributed by atoms with Crippen molar-refractivity contribution in [2.45, 2.75) is 11.5 Å². The molecular formula is C24H19ClO5S. The summed E-state index contributed by atoms with van der Waals surface area (Å²) in [4.78, 5) is 12.9. The van der Waals surface area contributed by atoms with E-state index < -0.39 is 9.84 Å². The summed E-state index contributed by atoms with van der Waals surface area (Å²) in [7, 11) is -2.05. The summed E-state index contributed by atoms with van der Waals surface area (Å²) in [5.74, 6) is 0.351. The molecule has 1 heterocycles. The first kappa shape index (κ1) is 21.2. The maximum absolute atomic E-state index is 12.8. The second kappa shape index (κ2) is 8.57. The van der Waals surface area contributed by atoms with E-state index in [9.17, 15) is 13.2 Å². The van der Waals surface area contributed by atoms with E-state index in [0.717, 1.165) is 5.56 Å². The molecule has 4 rings (SSSR count). The van der Waals surface area contributed by atoms with Crippen molar-refractivity contribution in [3.63, 3.8) is 0 Å². The predicted octanol–water partition coefficient (Wildman–Crippen LogP) is 4.98. The normalized spacial score (nSPS) is 16.1. The minimum atomic E-state index is -3.57. The van der Waals surface area contributed by atoms with E-state index in [1.54, 1.807) is 42.5 Å². The van der Waals surface area contributed by atoms with Crippen LogP contribution in [-0.2, 0) is 16.4 Å². The largest absolute Gasteiger partial charge is 0.493 e. The molecule has 5 nitrogen and oxygen atoms in total. The predicted molar refractivity (Wildman–Crippen MR) is 120 cm³/mol. The van der Waals surface area contributed by atoms with Gasteiger partial charge in [0.2, 0.25) is 0 Å². The Morgan fingerprint density at radius 1 is 1.00 bits per heavy atom. The number of carbonyl (C=O) groups excluding carboxylic acids is 1. The van der Waals surface area contributed by atoms with Gasteiger partial charge in [-0.1, -0.05) is 48.0 Å². The van der Waals surface area contributed by atoms with E-state index in [0.29, 0.717) is 22.1 Å². The number of ketones is 1. The van der Waals surface area contributed by atoms with Crippen LogP contribution >= 0.6 is 11.6 Å². The number of halogens is 1. The van der Waals surface area contributed by atoms with Crippen LogP contribution < -0.4 is 9.47 Å². The summed E-state index contributed by atoms with van der Waals surface area (Å²) in [6.45, 7) is 0.268. The summed E-state index contributed by atoms with van der Waals surface area (Å²) < 4.78 is 36.5.